The molecule has 3 aromatic rings. The molecule has 3 atom stereocenters. The van der Waals surface area contributed by atoms with Gasteiger partial charge in [-0.2, -0.15) is 9.57 Å². The third kappa shape index (κ3) is 3.62. The molecule has 34 heavy (non-hydrogen) atoms. The largest absolute Gasteiger partial charge is 0.495 e. The van der Waals surface area contributed by atoms with Crippen molar-refractivity contribution in [3.8, 4) is 22.9 Å². The molecular formula is C26H25N3O4S. The van der Waals surface area contributed by atoms with Crippen LogP contribution in [0.1, 0.15) is 23.6 Å². The Bertz CT molecular complexity index is 1370. The van der Waals surface area contributed by atoms with Crippen LogP contribution < -0.4 is 10.1 Å². The number of hydrogen-bond donors (Lipinski definition) is 2. The molecule has 2 aliphatic rings. The van der Waals surface area contributed by atoms with Crippen molar-refractivity contribution in [1.29, 1.82) is 5.26 Å². The van der Waals surface area contributed by atoms with Gasteiger partial charge in [0, 0.05) is 18.2 Å². The van der Waals surface area contributed by atoms with E-state index in [0.717, 1.165) is 22.4 Å². The van der Waals surface area contributed by atoms with Gasteiger partial charge in [-0.1, -0.05) is 30.3 Å². The number of para-hydroxylation sites is 1. The highest BCUT2D eigenvalue weighted by molar-refractivity contribution is 7.89. The average Bonchev–Trinajstić information content (AvgIpc) is 3.34. The molecule has 0 bridgehead atoms. The first-order valence-electron chi connectivity index (χ1n) is 11.1. The van der Waals surface area contributed by atoms with E-state index in [1.54, 1.807) is 40.7 Å². The van der Waals surface area contributed by atoms with Crippen molar-refractivity contribution in [2.75, 3.05) is 25.6 Å². The number of fused-ring (bicyclic) bond motifs is 3. The molecule has 2 heterocycles. The van der Waals surface area contributed by atoms with Gasteiger partial charge in [-0.25, -0.2) is 8.42 Å². The van der Waals surface area contributed by atoms with Crippen LogP contribution in [0.2, 0.25) is 0 Å². The lowest BCUT2D eigenvalue weighted by Crippen LogP contribution is -2.42. The predicted molar refractivity (Wildman–Crippen MR) is 129 cm³/mol. The van der Waals surface area contributed by atoms with E-state index in [1.165, 1.54) is 7.11 Å². The molecule has 2 N–H and O–H groups in total. The fourth-order valence-corrected chi connectivity index (χ4v) is 6.99. The number of sulfonamides is 1. The number of rotatable bonds is 5. The normalized spacial score (nSPS) is 21.7. The van der Waals surface area contributed by atoms with Crippen LogP contribution in [-0.2, 0) is 10.0 Å². The van der Waals surface area contributed by atoms with Gasteiger partial charge >= 0.3 is 0 Å². The maximum absolute atomic E-state index is 13.8. The second-order valence-corrected chi connectivity index (χ2v) is 10.4. The summed E-state index contributed by atoms with van der Waals surface area (Å²) in [5.41, 5.74) is 4.17. The van der Waals surface area contributed by atoms with Crippen LogP contribution in [0.15, 0.2) is 71.6 Å². The Kier molecular flexibility index (Phi) is 5.78. The second-order valence-electron chi connectivity index (χ2n) is 8.59. The zero-order valence-corrected chi connectivity index (χ0v) is 19.5. The summed E-state index contributed by atoms with van der Waals surface area (Å²) in [6.07, 6.45) is 0.637. The molecule has 5 rings (SSSR count). The lowest BCUT2D eigenvalue weighted by Gasteiger charge is -2.39. The summed E-state index contributed by atoms with van der Waals surface area (Å²) < 4.78 is 34.6. The van der Waals surface area contributed by atoms with Crippen LogP contribution in [0.25, 0.3) is 11.1 Å². The molecular weight excluding hydrogens is 450 g/mol. The van der Waals surface area contributed by atoms with E-state index < -0.39 is 16.1 Å². The molecule has 0 aliphatic carbocycles. The SMILES string of the molecule is COc1ccccc1S(=O)(=O)N1CC[C@H]2[C@H](CO)Nc3ccc(-c4ccc(C#N)cc4)cc3[C@H]21. The first kappa shape index (κ1) is 22.4. The maximum atomic E-state index is 13.8. The van der Waals surface area contributed by atoms with Gasteiger partial charge in [0.2, 0.25) is 10.0 Å². The number of aliphatic hydroxyl groups is 1. The van der Waals surface area contributed by atoms with Gasteiger partial charge in [0.1, 0.15) is 10.6 Å². The van der Waals surface area contributed by atoms with Gasteiger partial charge < -0.3 is 15.2 Å². The van der Waals surface area contributed by atoms with Gasteiger partial charge in [0.25, 0.3) is 0 Å². The number of aliphatic hydroxyl groups excluding tert-OH is 1. The maximum Gasteiger partial charge on any atom is 0.247 e. The fourth-order valence-electron chi connectivity index (χ4n) is 5.17. The summed E-state index contributed by atoms with van der Waals surface area (Å²) in [5, 5.41) is 22.6. The van der Waals surface area contributed by atoms with Crippen molar-refractivity contribution in [3.05, 3.63) is 77.9 Å². The number of benzene rings is 3. The summed E-state index contributed by atoms with van der Waals surface area (Å²) in [6, 6.07) is 21.4. The molecule has 3 aromatic carbocycles. The molecule has 7 nitrogen and oxygen atoms in total. The van der Waals surface area contributed by atoms with Crippen LogP contribution in [0.3, 0.4) is 0 Å². The lowest BCUT2D eigenvalue weighted by atomic mass is 9.82. The van der Waals surface area contributed by atoms with Crippen molar-refractivity contribution in [3.63, 3.8) is 0 Å². The number of nitrogens with one attached hydrogen (secondary N) is 1. The molecule has 2 aliphatic heterocycles. The summed E-state index contributed by atoms with van der Waals surface area (Å²) in [5.74, 6) is 0.239. The molecule has 0 unspecified atom stereocenters. The Labute approximate surface area is 199 Å². The summed E-state index contributed by atoms with van der Waals surface area (Å²) in [7, 11) is -2.38. The number of anilines is 1. The van der Waals surface area contributed by atoms with Crippen molar-refractivity contribution >= 4 is 15.7 Å². The number of hydrogen-bond acceptors (Lipinski definition) is 6. The third-order valence-corrected chi connectivity index (χ3v) is 8.75. The minimum atomic E-state index is -3.85. The van der Waals surface area contributed by atoms with Crippen LogP contribution in [-0.4, -0.2) is 44.1 Å². The quantitative estimate of drug-likeness (QED) is 0.582. The predicted octanol–water partition coefficient (Wildman–Crippen LogP) is 3.77. The standard InChI is InChI=1S/C26H25N3O4S/c1-33-24-4-2-3-5-25(24)34(31,32)29-13-12-20-23(16-30)28-22-11-10-19(14-21(22)26(20)29)18-8-6-17(15-27)7-9-18/h2-11,14,20,23,26,28,30H,12-13,16H2,1H3/t20-,23-,26-/m0/s1. The van der Waals surface area contributed by atoms with Gasteiger partial charge in [-0.3, -0.25) is 0 Å². The molecule has 0 saturated carbocycles. The molecule has 0 radical (unpaired) electrons. The molecule has 0 amide bonds. The Hall–Kier alpha value is -3.38. The van der Waals surface area contributed by atoms with Crippen LogP contribution in [0.5, 0.6) is 5.75 Å². The van der Waals surface area contributed by atoms with Crippen molar-refractivity contribution in [1.82, 2.24) is 4.31 Å². The highest BCUT2D eigenvalue weighted by Crippen LogP contribution is 2.49. The average molecular weight is 476 g/mol. The summed E-state index contributed by atoms with van der Waals surface area (Å²) in [6.45, 7) is 0.273. The Morgan fingerprint density at radius 2 is 1.85 bits per heavy atom. The van der Waals surface area contributed by atoms with E-state index in [9.17, 15) is 13.5 Å². The van der Waals surface area contributed by atoms with E-state index in [2.05, 4.69) is 11.4 Å². The highest BCUT2D eigenvalue weighted by Gasteiger charge is 2.49. The minimum absolute atomic E-state index is 0.0711. The van der Waals surface area contributed by atoms with E-state index in [0.29, 0.717) is 24.3 Å². The van der Waals surface area contributed by atoms with E-state index in [-0.39, 0.29) is 23.5 Å². The van der Waals surface area contributed by atoms with Crippen molar-refractivity contribution in [2.45, 2.75) is 23.4 Å². The molecule has 0 aromatic heterocycles. The first-order chi connectivity index (χ1) is 16.5. The van der Waals surface area contributed by atoms with Gasteiger partial charge in [-0.15, -0.1) is 0 Å². The number of ether oxygens (including phenoxy) is 1. The lowest BCUT2D eigenvalue weighted by molar-refractivity contribution is 0.210. The monoisotopic (exact) mass is 475 g/mol. The van der Waals surface area contributed by atoms with Gasteiger partial charge in [0.05, 0.1) is 37.4 Å². The van der Waals surface area contributed by atoms with E-state index >= 15 is 0 Å². The van der Waals surface area contributed by atoms with Crippen LogP contribution >= 0.6 is 0 Å². The van der Waals surface area contributed by atoms with Gasteiger partial charge in [-0.05, 0) is 59.5 Å². The van der Waals surface area contributed by atoms with Crippen molar-refractivity contribution < 1.29 is 18.3 Å². The summed E-state index contributed by atoms with van der Waals surface area (Å²) in [4.78, 5) is 0.141. The summed E-state index contributed by atoms with van der Waals surface area (Å²) >= 11 is 0. The third-order valence-electron chi connectivity index (χ3n) is 6.83. The first-order valence-corrected chi connectivity index (χ1v) is 12.6. The number of nitriles is 1. The Balaban J connectivity index is 1.61. The Morgan fingerprint density at radius 3 is 2.56 bits per heavy atom. The minimum Gasteiger partial charge on any atom is -0.495 e. The number of methoxy groups -OCH3 is 1. The zero-order valence-electron chi connectivity index (χ0n) is 18.7. The van der Waals surface area contributed by atoms with Gasteiger partial charge in [0.15, 0.2) is 0 Å². The zero-order chi connectivity index (χ0) is 23.9. The molecule has 174 valence electrons. The molecule has 0 spiro atoms. The molecule has 1 fully saturated rings. The Morgan fingerprint density at radius 1 is 1.12 bits per heavy atom. The fraction of sp³-hybridized carbons (Fsp3) is 0.269. The van der Waals surface area contributed by atoms with E-state index in [1.807, 2.05) is 30.3 Å². The smallest absolute Gasteiger partial charge is 0.247 e. The highest BCUT2D eigenvalue weighted by atomic mass is 32.2. The second kappa shape index (κ2) is 8.76. The van der Waals surface area contributed by atoms with Crippen LogP contribution in [0.4, 0.5) is 5.69 Å². The number of nitrogens with zero attached hydrogens (tertiary/aromatic N) is 2. The molecule has 8 heteroatoms. The molecule has 1 saturated heterocycles. The van der Waals surface area contributed by atoms with Crippen LogP contribution in [0, 0.1) is 17.2 Å². The topological polar surface area (TPSA) is 103 Å². The van der Waals surface area contributed by atoms with E-state index in [4.69, 9.17) is 10.00 Å². The van der Waals surface area contributed by atoms with Crippen molar-refractivity contribution in [2.24, 2.45) is 5.92 Å².